The molecule has 2 N–H and O–H groups in total. The first-order valence-corrected chi connectivity index (χ1v) is 7.00. The Kier molecular flexibility index (Phi) is 6.13. The van der Waals surface area contributed by atoms with Gasteiger partial charge < -0.3 is 10.6 Å². The van der Waals surface area contributed by atoms with Crippen molar-refractivity contribution >= 4 is 39.1 Å². The lowest BCUT2D eigenvalue weighted by atomic mass is 10.2. The molecule has 0 aromatic heterocycles. The molecular weight excluding hydrogens is 330 g/mol. The van der Waals surface area contributed by atoms with Crippen molar-refractivity contribution in [1.82, 2.24) is 5.32 Å². The van der Waals surface area contributed by atoms with Crippen molar-refractivity contribution in [2.75, 3.05) is 5.32 Å². The van der Waals surface area contributed by atoms with Gasteiger partial charge in [-0.05, 0) is 48.0 Å². The average molecular weight is 345 g/mol. The first-order chi connectivity index (χ1) is 8.92. The predicted molar refractivity (Wildman–Crippen MR) is 80.1 cm³/mol. The number of amides is 1. The van der Waals surface area contributed by atoms with Gasteiger partial charge in [0, 0.05) is 16.2 Å². The summed E-state index contributed by atoms with van der Waals surface area (Å²) in [5, 5.41) is 15.4. The third-order valence-corrected chi connectivity index (χ3v) is 3.47. The Morgan fingerprint density at radius 2 is 2.21 bits per heavy atom. The van der Waals surface area contributed by atoms with Gasteiger partial charge in [-0.25, -0.2) is 0 Å². The van der Waals surface area contributed by atoms with Gasteiger partial charge in [0.05, 0.1) is 17.5 Å². The highest BCUT2D eigenvalue weighted by Crippen LogP contribution is 2.26. The van der Waals surface area contributed by atoms with Crippen LogP contribution in [0.4, 0.5) is 5.69 Å². The highest BCUT2D eigenvalue weighted by atomic mass is 79.9. The van der Waals surface area contributed by atoms with Crippen molar-refractivity contribution < 1.29 is 4.79 Å². The lowest BCUT2D eigenvalue weighted by molar-refractivity contribution is -0.121. The number of nitrogens with one attached hydrogen (secondary N) is 2. The summed E-state index contributed by atoms with van der Waals surface area (Å²) in [4.78, 5) is 11.6. The molecule has 0 fully saturated rings. The molecule has 0 heterocycles. The van der Waals surface area contributed by atoms with Crippen LogP contribution in [0, 0.1) is 11.3 Å². The second-order valence-electron chi connectivity index (χ2n) is 4.38. The number of carbonyl (C=O) groups excluding carboxylic acids is 1. The lowest BCUT2D eigenvalue weighted by Gasteiger charge is -2.14. The summed E-state index contributed by atoms with van der Waals surface area (Å²) < 4.78 is 0.738. The zero-order chi connectivity index (χ0) is 14.4. The van der Waals surface area contributed by atoms with Gasteiger partial charge in [-0.3, -0.25) is 4.79 Å². The van der Waals surface area contributed by atoms with Gasteiger partial charge in [-0.15, -0.1) is 0 Å². The SMILES string of the molecule is CC(C)NC(=O)CC(C#N)Nc1ccc(Cl)c(Br)c1. The highest BCUT2D eigenvalue weighted by Gasteiger charge is 2.14. The Labute approximate surface area is 126 Å². The standard InChI is InChI=1S/C13H15BrClN3O/c1-8(2)17-13(19)6-10(7-16)18-9-3-4-12(15)11(14)5-9/h3-5,8,10,18H,6H2,1-2H3,(H,17,19). The van der Waals surface area contributed by atoms with Crippen LogP contribution in [0.2, 0.25) is 5.02 Å². The minimum absolute atomic E-state index is 0.0662. The monoisotopic (exact) mass is 343 g/mol. The third kappa shape index (κ3) is 5.50. The van der Waals surface area contributed by atoms with E-state index in [1.54, 1.807) is 18.2 Å². The first kappa shape index (κ1) is 15.8. The number of nitrogens with zero attached hydrogens (tertiary/aromatic N) is 1. The summed E-state index contributed by atoms with van der Waals surface area (Å²) in [5.74, 6) is -0.151. The summed E-state index contributed by atoms with van der Waals surface area (Å²) in [6.45, 7) is 3.76. The molecule has 1 rings (SSSR count). The van der Waals surface area contributed by atoms with Gasteiger partial charge in [0.1, 0.15) is 6.04 Å². The van der Waals surface area contributed by atoms with Crippen molar-refractivity contribution in [1.29, 1.82) is 5.26 Å². The number of carbonyl (C=O) groups is 1. The fourth-order valence-corrected chi connectivity index (χ4v) is 1.98. The molecule has 0 aliphatic carbocycles. The normalized spacial score (nSPS) is 11.8. The van der Waals surface area contributed by atoms with Crippen LogP contribution in [0.15, 0.2) is 22.7 Å². The molecule has 0 saturated carbocycles. The van der Waals surface area contributed by atoms with Crippen LogP contribution in [-0.4, -0.2) is 18.0 Å². The van der Waals surface area contributed by atoms with E-state index < -0.39 is 6.04 Å². The molecule has 1 aromatic rings. The maximum atomic E-state index is 11.6. The lowest BCUT2D eigenvalue weighted by Crippen LogP contribution is -2.34. The smallest absolute Gasteiger partial charge is 0.223 e. The van der Waals surface area contributed by atoms with Gasteiger partial charge >= 0.3 is 0 Å². The predicted octanol–water partition coefficient (Wildman–Crippen LogP) is 3.32. The third-order valence-electron chi connectivity index (χ3n) is 2.26. The molecule has 0 saturated heterocycles. The summed E-state index contributed by atoms with van der Waals surface area (Å²) in [6, 6.07) is 6.81. The number of halogens is 2. The van der Waals surface area contributed by atoms with Crippen LogP contribution in [0.25, 0.3) is 0 Å². The molecule has 19 heavy (non-hydrogen) atoms. The number of hydrogen-bond acceptors (Lipinski definition) is 3. The van der Waals surface area contributed by atoms with E-state index >= 15 is 0 Å². The summed E-state index contributed by atoms with van der Waals surface area (Å²) in [5.41, 5.74) is 0.736. The molecule has 0 aliphatic heterocycles. The van der Waals surface area contributed by atoms with Crippen molar-refractivity contribution in [3.8, 4) is 6.07 Å². The Morgan fingerprint density at radius 3 is 2.74 bits per heavy atom. The zero-order valence-electron chi connectivity index (χ0n) is 10.7. The van der Waals surface area contributed by atoms with E-state index in [2.05, 4.69) is 32.6 Å². The van der Waals surface area contributed by atoms with E-state index in [1.165, 1.54) is 0 Å². The largest absolute Gasteiger partial charge is 0.369 e. The number of hydrogen-bond donors (Lipinski definition) is 2. The quantitative estimate of drug-likeness (QED) is 0.861. The van der Waals surface area contributed by atoms with E-state index in [9.17, 15) is 4.79 Å². The van der Waals surface area contributed by atoms with E-state index in [4.69, 9.17) is 16.9 Å². The van der Waals surface area contributed by atoms with Crippen LogP contribution >= 0.6 is 27.5 Å². The summed E-state index contributed by atoms with van der Waals surface area (Å²) in [6.07, 6.45) is 0.106. The Hall–Kier alpha value is -1.25. The first-order valence-electron chi connectivity index (χ1n) is 5.83. The fraction of sp³-hybridized carbons (Fsp3) is 0.385. The molecule has 4 nitrogen and oxygen atoms in total. The van der Waals surface area contributed by atoms with Gasteiger partial charge in [0.15, 0.2) is 0 Å². The van der Waals surface area contributed by atoms with Gasteiger partial charge in [0.25, 0.3) is 0 Å². The zero-order valence-corrected chi connectivity index (χ0v) is 13.0. The van der Waals surface area contributed by atoms with Crippen LogP contribution in [0.3, 0.4) is 0 Å². The molecule has 0 aliphatic rings. The second-order valence-corrected chi connectivity index (χ2v) is 5.64. The molecule has 6 heteroatoms. The van der Waals surface area contributed by atoms with Crippen LogP contribution < -0.4 is 10.6 Å². The fourth-order valence-electron chi connectivity index (χ4n) is 1.48. The number of benzene rings is 1. The van der Waals surface area contributed by atoms with E-state index in [-0.39, 0.29) is 18.4 Å². The van der Waals surface area contributed by atoms with Gasteiger partial charge in [-0.2, -0.15) is 5.26 Å². The molecule has 1 atom stereocenters. The Balaban J connectivity index is 2.64. The van der Waals surface area contributed by atoms with Gasteiger partial charge in [0.2, 0.25) is 5.91 Å². The minimum Gasteiger partial charge on any atom is -0.369 e. The van der Waals surface area contributed by atoms with Gasteiger partial charge in [-0.1, -0.05) is 11.6 Å². The Bertz CT molecular complexity index is 499. The van der Waals surface area contributed by atoms with Crippen molar-refractivity contribution in [3.05, 3.63) is 27.7 Å². The number of anilines is 1. The number of rotatable bonds is 5. The van der Waals surface area contributed by atoms with Crippen LogP contribution in [0.1, 0.15) is 20.3 Å². The van der Waals surface area contributed by atoms with Crippen molar-refractivity contribution in [2.24, 2.45) is 0 Å². The maximum absolute atomic E-state index is 11.6. The van der Waals surface area contributed by atoms with Crippen molar-refractivity contribution in [3.63, 3.8) is 0 Å². The molecular formula is C13H15BrClN3O. The van der Waals surface area contributed by atoms with Crippen molar-refractivity contribution in [2.45, 2.75) is 32.4 Å². The van der Waals surface area contributed by atoms with Crippen LogP contribution in [0.5, 0.6) is 0 Å². The minimum atomic E-state index is -0.577. The summed E-state index contributed by atoms with van der Waals surface area (Å²) in [7, 11) is 0. The highest BCUT2D eigenvalue weighted by molar-refractivity contribution is 9.10. The van der Waals surface area contributed by atoms with Crippen LogP contribution in [-0.2, 0) is 4.79 Å². The van der Waals surface area contributed by atoms with E-state index in [0.717, 1.165) is 10.2 Å². The maximum Gasteiger partial charge on any atom is 0.223 e. The number of nitriles is 1. The second kappa shape index (κ2) is 7.37. The topological polar surface area (TPSA) is 64.9 Å². The molecule has 1 amide bonds. The summed E-state index contributed by atoms with van der Waals surface area (Å²) >= 11 is 9.20. The van der Waals surface area contributed by atoms with E-state index in [1.807, 2.05) is 13.8 Å². The Morgan fingerprint density at radius 1 is 1.53 bits per heavy atom. The molecule has 1 aromatic carbocycles. The molecule has 1 unspecified atom stereocenters. The molecule has 0 bridgehead atoms. The molecule has 0 spiro atoms. The molecule has 0 radical (unpaired) electrons. The average Bonchev–Trinajstić information content (AvgIpc) is 2.32. The van der Waals surface area contributed by atoms with E-state index in [0.29, 0.717) is 5.02 Å². The molecule has 102 valence electrons.